The Labute approximate surface area is 96.7 Å². The molecule has 0 saturated carbocycles. The highest BCUT2D eigenvalue weighted by atomic mass is 16.5. The first kappa shape index (κ1) is 13.3. The van der Waals surface area contributed by atoms with E-state index in [4.69, 9.17) is 10.5 Å². The van der Waals surface area contributed by atoms with Crippen molar-refractivity contribution in [1.82, 2.24) is 5.32 Å². The molecule has 1 aliphatic rings. The van der Waals surface area contributed by atoms with Crippen LogP contribution in [0.3, 0.4) is 0 Å². The predicted molar refractivity (Wildman–Crippen MR) is 61.2 cm³/mol. The van der Waals surface area contributed by atoms with Crippen LogP contribution in [0.2, 0.25) is 0 Å². The largest absolute Gasteiger partial charge is 0.448 e. The summed E-state index contributed by atoms with van der Waals surface area (Å²) in [6, 6.07) is 0.440. The molecule has 0 bridgehead atoms. The molecule has 2 atom stereocenters. The third-order valence-electron chi connectivity index (χ3n) is 3.12. The monoisotopic (exact) mass is 230 g/mol. The molecule has 0 spiro atoms. The minimum atomic E-state index is -0.716. The van der Waals surface area contributed by atoms with Gasteiger partial charge in [-0.1, -0.05) is 6.92 Å². The Hall–Kier alpha value is -0.810. The van der Waals surface area contributed by atoms with E-state index in [9.17, 15) is 4.79 Å². The molecule has 1 fully saturated rings. The molecule has 0 aliphatic carbocycles. The molecule has 0 aromatic heterocycles. The quantitative estimate of drug-likeness (QED) is 0.691. The molecule has 16 heavy (non-hydrogen) atoms. The van der Waals surface area contributed by atoms with Crippen molar-refractivity contribution in [2.24, 2.45) is 5.73 Å². The Kier molecular flexibility index (Phi) is 5.02. The Morgan fingerprint density at radius 2 is 2.44 bits per heavy atom. The lowest BCUT2D eigenvalue weighted by molar-refractivity contribution is -0.0781. The SMILES string of the molecule is CCC1(C)CC(NCCOC(N)=O)CCO1. The molecule has 5 heteroatoms. The highest BCUT2D eigenvalue weighted by Crippen LogP contribution is 2.27. The van der Waals surface area contributed by atoms with E-state index in [1.807, 2.05) is 0 Å². The molecule has 1 amide bonds. The number of rotatable bonds is 5. The normalized spacial score (nSPS) is 30.0. The van der Waals surface area contributed by atoms with E-state index in [-0.39, 0.29) is 5.60 Å². The van der Waals surface area contributed by atoms with Crippen LogP contribution in [0.1, 0.15) is 33.1 Å². The zero-order chi connectivity index (χ0) is 12.0. The molecule has 0 aromatic carbocycles. The van der Waals surface area contributed by atoms with E-state index < -0.39 is 6.09 Å². The smallest absolute Gasteiger partial charge is 0.404 e. The van der Waals surface area contributed by atoms with Crippen molar-refractivity contribution >= 4 is 6.09 Å². The van der Waals surface area contributed by atoms with Gasteiger partial charge in [0.25, 0.3) is 0 Å². The minimum Gasteiger partial charge on any atom is -0.448 e. The highest BCUT2D eigenvalue weighted by molar-refractivity contribution is 5.64. The molecule has 1 rings (SSSR count). The molecule has 0 radical (unpaired) electrons. The molecule has 2 unspecified atom stereocenters. The maximum atomic E-state index is 10.4. The molecule has 3 N–H and O–H groups in total. The fourth-order valence-corrected chi connectivity index (χ4v) is 1.97. The zero-order valence-corrected chi connectivity index (χ0v) is 10.1. The van der Waals surface area contributed by atoms with Gasteiger partial charge in [-0.25, -0.2) is 4.79 Å². The molecule has 1 aliphatic heterocycles. The Balaban J connectivity index is 2.19. The summed E-state index contributed by atoms with van der Waals surface area (Å²) in [6.45, 7) is 6.04. The van der Waals surface area contributed by atoms with Crippen LogP contribution >= 0.6 is 0 Å². The van der Waals surface area contributed by atoms with E-state index >= 15 is 0 Å². The standard InChI is InChI=1S/C11H22N2O3/c1-3-11(2)8-9(4-6-16-11)13-5-7-15-10(12)14/h9,13H,3-8H2,1-2H3,(H2,12,14). The van der Waals surface area contributed by atoms with Crippen LogP contribution in [-0.2, 0) is 9.47 Å². The van der Waals surface area contributed by atoms with Crippen LogP contribution in [0.25, 0.3) is 0 Å². The van der Waals surface area contributed by atoms with E-state index in [2.05, 4.69) is 23.9 Å². The molecular formula is C11H22N2O3. The topological polar surface area (TPSA) is 73.6 Å². The average molecular weight is 230 g/mol. The third-order valence-corrected chi connectivity index (χ3v) is 3.12. The first-order valence-electron chi connectivity index (χ1n) is 5.85. The summed E-state index contributed by atoms with van der Waals surface area (Å²) in [5.74, 6) is 0. The van der Waals surface area contributed by atoms with Crippen molar-refractivity contribution < 1.29 is 14.3 Å². The lowest BCUT2D eigenvalue weighted by Gasteiger charge is -2.38. The van der Waals surface area contributed by atoms with Crippen molar-refractivity contribution in [3.8, 4) is 0 Å². The van der Waals surface area contributed by atoms with Gasteiger partial charge in [0.1, 0.15) is 6.61 Å². The van der Waals surface area contributed by atoms with Gasteiger partial charge in [-0.3, -0.25) is 0 Å². The van der Waals surface area contributed by atoms with E-state index in [0.29, 0.717) is 19.2 Å². The lowest BCUT2D eigenvalue weighted by atomic mass is 9.90. The minimum absolute atomic E-state index is 0.0134. The number of carbonyl (C=O) groups excluding carboxylic acids is 1. The molecular weight excluding hydrogens is 208 g/mol. The fourth-order valence-electron chi connectivity index (χ4n) is 1.97. The molecule has 1 saturated heterocycles. The van der Waals surface area contributed by atoms with Crippen LogP contribution in [0.5, 0.6) is 0 Å². The van der Waals surface area contributed by atoms with Gasteiger partial charge < -0.3 is 20.5 Å². The predicted octanol–water partition coefficient (Wildman–Crippen LogP) is 1.02. The van der Waals surface area contributed by atoms with Crippen LogP contribution in [0.4, 0.5) is 4.79 Å². The average Bonchev–Trinajstić information content (AvgIpc) is 2.24. The van der Waals surface area contributed by atoms with E-state index in [0.717, 1.165) is 25.9 Å². The van der Waals surface area contributed by atoms with Gasteiger partial charge >= 0.3 is 6.09 Å². The number of hydrogen-bond acceptors (Lipinski definition) is 4. The molecule has 5 nitrogen and oxygen atoms in total. The number of hydrogen-bond donors (Lipinski definition) is 2. The first-order valence-corrected chi connectivity index (χ1v) is 5.85. The number of carbonyl (C=O) groups is 1. The second kappa shape index (κ2) is 6.06. The van der Waals surface area contributed by atoms with Gasteiger partial charge in [0.15, 0.2) is 0 Å². The van der Waals surface area contributed by atoms with Crippen LogP contribution in [-0.4, -0.2) is 37.5 Å². The Morgan fingerprint density at radius 3 is 3.06 bits per heavy atom. The summed E-state index contributed by atoms with van der Waals surface area (Å²) < 4.78 is 10.4. The number of amides is 1. The van der Waals surface area contributed by atoms with Gasteiger partial charge in [0.2, 0.25) is 0 Å². The van der Waals surface area contributed by atoms with Gasteiger partial charge in [-0.15, -0.1) is 0 Å². The van der Waals surface area contributed by atoms with Gasteiger partial charge in [-0.05, 0) is 26.2 Å². The van der Waals surface area contributed by atoms with Crippen molar-refractivity contribution in [3.63, 3.8) is 0 Å². The van der Waals surface area contributed by atoms with Crippen LogP contribution < -0.4 is 11.1 Å². The maximum Gasteiger partial charge on any atom is 0.404 e. The summed E-state index contributed by atoms with van der Waals surface area (Å²) in [5.41, 5.74) is 4.85. The van der Waals surface area contributed by atoms with Gasteiger partial charge in [-0.2, -0.15) is 0 Å². The third kappa shape index (κ3) is 4.37. The van der Waals surface area contributed by atoms with E-state index in [1.165, 1.54) is 0 Å². The number of nitrogens with two attached hydrogens (primary N) is 1. The summed E-state index contributed by atoms with van der Waals surface area (Å²) in [5, 5.41) is 3.35. The van der Waals surface area contributed by atoms with Crippen molar-refractivity contribution in [2.45, 2.75) is 44.8 Å². The van der Waals surface area contributed by atoms with Crippen molar-refractivity contribution in [1.29, 1.82) is 0 Å². The van der Waals surface area contributed by atoms with Crippen molar-refractivity contribution in [2.75, 3.05) is 19.8 Å². The van der Waals surface area contributed by atoms with Crippen molar-refractivity contribution in [3.05, 3.63) is 0 Å². The lowest BCUT2D eigenvalue weighted by Crippen LogP contribution is -2.45. The number of nitrogens with one attached hydrogen (secondary N) is 1. The van der Waals surface area contributed by atoms with Gasteiger partial charge in [0.05, 0.1) is 5.60 Å². The summed E-state index contributed by atoms with van der Waals surface area (Å²) in [4.78, 5) is 10.4. The second-order valence-electron chi connectivity index (χ2n) is 4.46. The zero-order valence-electron chi connectivity index (χ0n) is 10.1. The molecule has 1 heterocycles. The molecule has 0 aromatic rings. The maximum absolute atomic E-state index is 10.4. The highest BCUT2D eigenvalue weighted by Gasteiger charge is 2.31. The van der Waals surface area contributed by atoms with Gasteiger partial charge in [0, 0.05) is 19.2 Å². The van der Waals surface area contributed by atoms with Crippen LogP contribution in [0, 0.1) is 0 Å². The summed E-state index contributed by atoms with van der Waals surface area (Å²) >= 11 is 0. The second-order valence-corrected chi connectivity index (χ2v) is 4.46. The first-order chi connectivity index (χ1) is 7.56. The van der Waals surface area contributed by atoms with E-state index in [1.54, 1.807) is 0 Å². The number of primary amides is 1. The Morgan fingerprint density at radius 1 is 1.69 bits per heavy atom. The fraction of sp³-hybridized carbons (Fsp3) is 0.909. The van der Waals surface area contributed by atoms with Crippen LogP contribution in [0.15, 0.2) is 0 Å². The summed E-state index contributed by atoms with van der Waals surface area (Å²) in [7, 11) is 0. The summed E-state index contributed by atoms with van der Waals surface area (Å²) in [6.07, 6.45) is 2.31. The number of ether oxygens (including phenoxy) is 2. The Bertz CT molecular complexity index is 235. The molecule has 94 valence electrons.